The maximum absolute atomic E-state index is 13.1. The molecular formula is C12H6BrCl2FN4. The minimum Gasteiger partial charge on any atom is -0.340 e. The maximum atomic E-state index is 13.1. The molecular weight excluding hydrogens is 370 g/mol. The molecule has 0 amide bonds. The number of nitrogens with zero attached hydrogens (tertiary/aromatic N) is 3. The fourth-order valence-electron chi connectivity index (χ4n) is 1.72. The van der Waals surface area contributed by atoms with Gasteiger partial charge in [-0.3, -0.25) is 0 Å². The molecule has 0 atom stereocenters. The highest BCUT2D eigenvalue weighted by Crippen LogP contribution is 2.26. The van der Waals surface area contributed by atoms with Gasteiger partial charge >= 0.3 is 0 Å². The van der Waals surface area contributed by atoms with Gasteiger partial charge in [0, 0.05) is 11.8 Å². The average molecular weight is 376 g/mol. The van der Waals surface area contributed by atoms with Crippen molar-refractivity contribution in [3.05, 3.63) is 50.9 Å². The summed E-state index contributed by atoms with van der Waals surface area (Å²) in [4.78, 5) is 4.16. The first kappa shape index (κ1) is 13.6. The van der Waals surface area contributed by atoms with Crippen LogP contribution < -0.4 is 5.32 Å². The summed E-state index contributed by atoms with van der Waals surface area (Å²) in [6.45, 7) is 0. The molecule has 0 aliphatic heterocycles. The zero-order chi connectivity index (χ0) is 14.3. The van der Waals surface area contributed by atoms with Crippen LogP contribution in [-0.4, -0.2) is 14.6 Å². The van der Waals surface area contributed by atoms with E-state index in [1.807, 2.05) is 0 Å². The van der Waals surface area contributed by atoms with Crippen molar-refractivity contribution >= 4 is 56.3 Å². The summed E-state index contributed by atoms with van der Waals surface area (Å²) >= 11 is 15.1. The third kappa shape index (κ3) is 2.46. The van der Waals surface area contributed by atoms with Crippen molar-refractivity contribution in [1.29, 1.82) is 0 Å². The molecule has 0 aliphatic carbocycles. The molecule has 1 N–H and O–H groups in total. The van der Waals surface area contributed by atoms with Crippen molar-refractivity contribution < 1.29 is 4.39 Å². The minimum atomic E-state index is -0.475. The van der Waals surface area contributed by atoms with E-state index < -0.39 is 5.82 Å². The summed E-state index contributed by atoms with van der Waals surface area (Å²) in [7, 11) is 0. The van der Waals surface area contributed by atoms with Crippen LogP contribution in [0.1, 0.15) is 0 Å². The van der Waals surface area contributed by atoms with Crippen molar-refractivity contribution in [1.82, 2.24) is 14.6 Å². The highest BCUT2D eigenvalue weighted by atomic mass is 79.9. The number of halogens is 4. The molecule has 8 heteroatoms. The van der Waals surface area contributed by atoms with Gasteiger partial charge in [0.1, 0.15) is 16.8 Å². The highest BCUT2D eigenvalue weighted by Gasteiger charge is 2.10. The Morgan fingerprint density at radius 2 is 2.05 bits per heavy atom. The van der Waals surface area contributed by atoms with Crippen molar-refractivity contribution in [2.24, 2.45) is 0 Å². The maximum Gasteiger partial charge on any atom is 0.173 e. The lowest BCUT2D eigenvalue weighted by molar-refractivity contribution is 0.628. The molecule has 2 aromatic heterocycles. The van der Waals surface area contributed by atoms with Crippen molar-refractivity contribution in [3.63, 3.8) is 0 Å². The van der Waals surface area contributed by atoms with E-state index in [2.05, 4.69) is 31.3 Å². The van der Waals surface area contributed by atoms with Crippen molar-refractivity contribution in [2.75, 3.05) is 5.32 Å². The van der Waals surface area contributed by atoms with Gasteiger partial charge in [-0.2, -0.15) is 9.61 Å². The van der Waals surface area contributed by atoms with Crippen LogP contribution in [0.5, 0.6) is 0 Å². The standard InChI is InChI=1S/C12H6BrCl2FN4/c13-7-5-17-20-11(4-10(15)19-12(7)20)18-6-1-2-9(16)8(14)3-6/h1-5,18H. The molecule has 0 unspecified atom stereocenters. The Kier molecular flexibility index (Phi) is 3.54. The number of fused-ring (bicyclic) bond motifs is 1. The van der Waals surface area contributed by atoms with Crippen LogP contribution >= 0.6 is 39.1 Å². The van der Waals surface area contributed by atoms with Gasteiger partial charge in [0.25, 0.3) is 0 Å². The largest absolute Gasteiger partial charge is 0.340 e. The normalized spacial score (nSPS) is 11.0. The topological polar surface area (TPSA) is 42.2 Å². The molecule has 1 aromatic carbocycles. The summed E-state index contributed by atoms with van der Waals surface area (Å²) in [6.07, 6.45) is 1.61. The minimum absolute atomic E-state index is 0.0352. The van der Waals surface area contributed by atoms with E-state index in [4.69, 9.17) is 23.2 Å². The van der Waals surface area contributed by atoms with Crippen LogP contribution in [0.15, 0.2) is 34.9 Å². The summed E-state index contributed by atoms with van der Waals surface area (Å²) < 4.78 is 15.4. The predicted octanol–water partition coefficient (Wildman–Crippen LogP) is 4.68. The van der Waals surface area contributed by atoms with Crippen LogP contribution in [0.2, 0.25) is 10.2 Å². The quantitative estimate of drug-likeness (QED) is 0.661. The Balaban J connectivity index is 2.08. The van der Waals surface area contributed by atoms with E-state index in [9.17, 15) is 4.39 Å². The molecule has 3 rings (SSSR count). The van der Waals surface area contributed by atoms with E-state index in [0.717, 1.165) is 4.47 Å². The summed E-state index contributed by atoms with van der Waals surface area (Å²) in [5.41, 5.74) is 1.19. The van der Waals surface area contributed by atoms with Crippen molar-refractivity contribution in [3.8, 4) is 0 Å². The van der Waals surface area contributed by atoms with E-state index in [1.165, 1.54) is 12.1 Å². The van der Waals surface area contributed by atoms with Gasteiger partial charge in [0.05, 0.1) is 15.7 Å². The molecule has 0 spiro atoms. The molecule has 0 aliphatic rings. The van der Waals surface area contributed by atoms with Gasteiger partial charge in [-0.15, -0.1) is 0 Å². The zero-order valence-corrected chi connectivity index (χ0v) is 12.8. The lowest BCUT2D eigenvalue weighted by atomic mass is 10.3. The third-order valence-corrected chi connectivity index (χ3v) is 3.63. The van der Waals surface area contributed by atoms with Crippen molar-refractivity contribution in [2.45, 2.75) is 0 Å². The number of benzene rings is 1. The van der Waals surface area contributed by atoms with Gasteiger partial charge in [-0.1, -0.05) is 23.2 Å². The molecule has 102 valence electrons. The van der Waals surface area contributed by atoms with E-state index in [1.54, 1.807) is 22.8 Å². The van der Waals surface area contributed by atoms with E-state index in [-0.39, 0.29) is 5.02 Å². The Morgan fingerprint density at radius 1 is 1.25 bits per heavy atom. The lowest BCUT2D eigenvalue weighted by Crippen LogP contribution is -2.01. The van der Waals surface area contributed by atoms with Crippen LogP contribution in [0.3, 0.4) is 0 Å². The Morgan fingerprint density at radius 3 is 2.80 bits per heavy atom. The van der Waals surface area contributed by atoms with Gasteiger partial charge < -0.3 is 5.32 Å². The molecule has 0 saturated heterocycles. The molecule has 0 fully saturated rings. The molecule has 0 bridgehead atoms. The van der Waals surface area contributed by atoms with Gasteiger partial charge in [-0.05, 0) is 34.1 Å². The highest BCUT2D eigenvalue weighted by molar-refractivity contribution is 9.10. The average Bonchev–Trinajstić information content (AvgIpc) is 2.76. The van der Waals surface area contributed by atoms with Gasteiger partial charge in [0.2, 0.25) is 0 Å². The zero-order valence-electron chi connectivity index (χ0n) is 9.74. The molecule has 2 heterocycles. The van der Waals surface area contributed by atoms with E-state index >= 15 is 0 Å². The smallest absolute Gasteiger partial charge is 0.173 e. The van der Waals surface area contributed by atoms with E-state index in [0.29, 0.717) is 22.3 Å². The Hall–Kier alpha value is -1.37. The van der Waals surface area contributed by atoms with Crippen LogP contribution in [0, 0.1) is 5.82 Å². The Labute approximate surface area is 131 Å². The predicted molar refractivity (Wildman–Crippen MR) is 80.4 cm³/mol. The summed E-state index contributed by atoms with van der Waals surface area (Å²) in [5, 5.41) is 7.60. The second-order valence-electron chi connectivity index (χ2n) is 3.95. The fraction of sp³-hybridized carbons (Fsp3) is 0. The second kappa shape index (κ2) is 5.20. The molecule has 3 aromatic rings. The van der Waals surface area contributed by atoms with Crippen LogP contribution in [0.25, 0.3) is 5.65 Å². The molecule has 0 radical (unpaired) electrons. The van der Waals surface area contributed by atoms with Gasteiger partial charge in [-0.25, -0.2) is 9.37 Å². The first-order valence-electron chi connectivity index (χ1n) is 5.46. The third-order valence-electron chi connectivity index (χ3n) is 2.59. The van der Waals surface area contributed by atoms with Crippen LogP contribution in [0.4, 0.5) is 15.9 Å². The number of hydrogen-bond donors (Lipinski definition) is 1. The Bertz CT molecular complexity index is 805. The first-order chi connectivity index (χ1) is 9.54. The number of rotatable bonds is 2. The molecule has 0 saturated carbocycles. The number of nitrogens with one attached hydrogen (secondary N) is 1. The van der Waals surface area contributed by atoms with Crippen LogP contribution in [-0.2, 0) is 0 Å². The SMILES string of the molecule is Fc1ccc(Nc2cc(Cl)nc3c(Br)cnn23)cc1Cl. The number of aromatic nitrogens is 3. The van der Waals surface area contributed by atoms with Gasteiger partial charge in [0.15, 0.2) is 5.65 Å². The first-order valence-corrected chi connectivity index (χ1v) is 7.01. The molecule has 4 nitrogen and oxygen atoms in total. The summed E-state index contributed by atoms with van der Waals surface area (Å²) in [6, 6.07) is 5.95. The molecule has 20 heavy (non-hydrogen) atoms. The summed E-state index contributed by atoms with van der Waals surface area (Å²) in [5.74, 6) is 0.116. The number of anilines is 2. The lowest BCUT2D eigenvalue weighted by Gasteiger charge is -2.09. The second-order valence-corrected chi connectivity index (χ2v) is 5.59. The number of hydrogen-bond acceptors (Lipinski definition) is 3. The fourth-order valence-corrected chi connectivity index (χ4v) is 2.43. The monoisotopic (exact) mass is 374 g/mol.